The molecule has 134 valence electrons. The maximum Gasteiger partial charge on any atom is 0.573 e. The van der Waals surface area contributed by atoms with Crippen molar-refractivity contribution >= 4 is 5.91 Å². The topological polar surface area (TPSA) is 29.5 Å². The number of hydrogen-bond acceptors (Lipinski definition) is 2. The predicted octanol–water partition coefficient (Wildman–Crippen LogP) is 4.48. The van der Waals surface area contributed by atoms with E-state index in [1.807, 2.05) is 31.2 Å². The molecule has 6 heteroatoms. The molecule has 0 saturated heterocycles. The summed E-state index contributed by atoms with van der Waals surface area (Å²) < 4.78 is 41.4. The van der Waals surface area contributed by atoms with Crippen LogP contribution in [0, 0.1) is 6.92 Å². The van der Waals surface area contributed by atoms with E-state index in [1.54, 1.807) is 13.1 Å². The number of nitrogens with zero attached hydrogens (tertiary/aromatic N) is 1. The van der Waals surface area contributed by atoms with Crippen LogP contribution in [-0.4, -0.2) is 24.2 Å². The third-order valence-electron chi connectivity index (χ3n) is 3.78. The Labute approximate surface area is 145 Å². The van der Waals surface area contributed by atoms with Gasteiger partial charge in [-0.25, -0.2) is 0 Å². The summed E-state index contributed by atoms with van der Waals surface area (Å²) in [6, 6.07) is 13.7. The Morgan fingerprint density at radius 3 is 2.36 bits per heavy atom. The molecule has 1 amide bonds. The third kappa shape index (κ3) is 6.14. The maximum absolute atomic E-state index is 12.5. The van der Waals surface area contributed by atoms with Crippen molar-refractivity contribution in [2.24, 2.45) is 0 Å². The van der Waals surface area contributed by atoms with E-state index in [1.165, 1.54) is 23.1 Å². The second-order valence-electron chi connectivity index (χ2n) is 5.89. The quantitative estimate of drug-likeness (QED) is 0.768. The molecular formula is C19H20F3NO2. The van der Waals surface area contributed by atoms with Crippen molar-refractivity contribution in [2.45, 2.75) is 32.7 Å². The summed E-state index contributed by atoms with van der Waals surface area (Å²) in [5.41, 5.74) is 2.51. The molecule has 0 aliphatic rings. The first-order valence-corrected chi connectivity index (χ1v) is 7.88. The summed E-state index contributed by atoms with van der Waals surface area (Å²) in [6.45, 7) is 2.04. The highest BCUT2D eigenvalue weighted by molar-refractivity contribution is 5.76. The van der Waals surface area contributed by atoms with Crippen LogP contribution in [0.3, 0.4) is 0 Å². The molecule has 0 fully saturated rings. The number of rotatable bonds is 6. The van der Waals surface area contributed by atoms with Crippen LogP contribution in [0.2, 0.25) is 0 Å². The van der Waals surface area contributed by atoms with E-state index >= 15 is 0 Å². The number of carbonyl (C=O) groups excluding carboxylic acids is 1. The molecule has 0 spiro atoms. The highest BCUT2D eigenvalue weighted by Crippen LogP contribution is 2.27. The van der Waals surface area contributed by atoms with Crippen molar-refractivity contribution in [2.75, 3.05) is 7.05 Å². The van der Waals surface area contributed by atoms with E-state index in [-0.39, 0.29) is 18.2 Å². The fourth-order valence-electron chi connectivity index (χ4n) is 2.40. The number of para-hydroxylation sites is 1. The molecule has 0 bridgehead atoms. The van der Waals surface area contributed by atoms with Crippen molar-refractivity contribution in [1.29, 1.82) is 0 Å². The Kier molecular flexibility index (Phi) is 6.07. The normalized spacial score (nSPS) is 11.2. The smallest absolute Gasteiger partial charge is 0.405 e. The van der Waals surface area contributed by atoms with E-state index in [0.717, 1.165) is 11.1 Å². The summed E-state index contributed by atoms with van der Waals surface area (Å²) in [5.74, 6) is -0.421. The average molecular weight is 351 g/mol. The largest absolute Gasteiger partial charge is 0.573 e. The second kappa shape index (κ2) is 8.05. The van der Waals surface area contributed by atoms with Gasteiger partial charge >= 0.3 is 6.36 Å². The van der Waals surface area contributed by atoms with E-state index in [2.05, 4.69) is 4.74 Å². The van der Waals surface area contributed by atoms with Crippen LogP contribution in [0.1, 0.15) is 23.1 Å². The third-order valence-corrected chi connectivity index (χ3v) is 3.78. The van der Waals surface area contributed by atoms with Crippen LogP contribution in [0.15, 0.2) is 48.5 Å². The minimum absolute atomic E-state index is 0.0545. The van der Waals surface area contributed by atoms with Crippen LogP contribution in [0.4, 0.5) is 13.2 Å². The molecule has 2 aromatic carbocycles. The molecule has 25 heavy (non-hydrogen) atoms. The van der Waals surface area contributed by atoms with Crippen molar-refractivity contribution < 1.29 is 22.7 Å². The molecule has 0 aliphatic carbocycles. The maximum atomic E-state index is 12.5. The molecule has 0 aliphatic heterocycles. The highest BCUT2D eigenvalue weighted by Gasteiger charge is 2.32. The number of amides is 1. The lowest BCUT2D eigenvalue weighted by atomic mass is 10.1. The molecule has 0 heterocycles. The first kappa shape index (κ1) is 18.8. The minimum atomic E-state index is -4.76. The van der Waals surface area contributed by atoms with Crippen molar-refractivity contribution in [3.63, 3.8) is 0 Å². The molecule has 3 nitrogen and oxygen atoms in total. The molecular weight excluding hydrogens is 331 g/mol. The number of aryl methyl sites for hydroxylation is 2. The van der Waals surface area contributed by atoms with E-state index in [9.17, 15) is 18.0 Å². The molecule has 0 aromatic heterocycles. The van der Waals surface area contributed by atoms with Crippen LogP contribution < -0.4 is 4.74 Å². The van der Waals surface area contributed by atoms with Crippen LogP contribution in [0.25, 0.3) is 0 Å². The number of hydrogen-bond donors (Lipinski definition) is 0. The van der Waals surface area contributed by atoms with Gasteiger partial charge < -0.3 is 9.64 Å². The Balaban J connectivity index is 1.95. The fourth-order valence-corrected chi connectivity index (χ4v) is 2.40. The van der Waals surface area contributed by atoms with Crippen molar-refractivity contribution in [3.8, 4) is 5.75 Å². The van der Waals surface area contributed by atoms with E-state index in [4.69, 9.17) is 0 Å². The van der Waals surface area contributed by atoms with Crippen molar-refractivity contribution in [1.82, 2.24) is 4.90 Å². The molecule has 0 radical (unpaired) electrons. The Hall–Kier alpha value is -2.50. The van der Waals surface area contributed by atoms with E-state index < -0.39 is 6.36 Å². The van der Waals surface area contributed by atoms with Crippen LogP contribution in [-0.2, 0) is 17.8 Å². The number of halogens is 3. The van der Waals surface area contributed by atoms with Gasteiger partial charge in [0, 0.05) is 25.6 Å². The van der Waals surface area contributed by atoms with Gasteiger partial charge in [-0.05, 0) is 25.0 Å². The Morgan fingerprint density at radius 1 is 1.08 bits per heavy atom. The standard InChI is InChI=1S/C19H20F3NO2/c1-14-7-9-15(10-8-14)11-12-18(24)23(2)13-16-5-3-4-6-17(16)25-19(20,21)22/h3-10H,11-13H2,1-2H3. The molecule has 2 aromatic rings. The molecule has 0 N–H and O–H groups in total. The fraction of sp³-hybridized carbons (Fsp3) is 0.316. The number of ether oxygens (including phenoxy) is 1. The SMILES string of the molecule is Cc1ccc(CCC(=O)N(C)Cc2ccccc2OC(F)(F)F)cc1. The molecule has 0 atom stereocenters. The number of carbonyl (C=O) groups is 1. The van der Waals surface area contributed by atoms with Gasteiger partial charge in [0.25, 0.3) is 0 Å². The predicted molar refractivity (Wildman–Crippen MR) is 89.1 cm³/mol. The second-order valence-corrected chi connectivity index (χ2v) is 5.89. The summed E-state index contributed by atoms with van der Waals surface area (Å²) in [7, 11) is 1.57. The summed E-state index contributed by atoms with van der Waals surface area (Å²) in [5, 5.41) is 0. The van der Waals surface area contributed by atoms with Gasteiger partial charge in [0.05, 0.1) is 0 Å². The lowest BCUT2D eigenvalue weighted by molar-refractivity contribution is -0.275. The molecule has 0 saturated carbocycles. The monoisotopic (exact) mass is 351 g/mol. The van der Waals surface area contributed by atoms with Crippen LogP contribution in [0.5, 0.6) is 5.75 Å². The van der Waals surface area contributed by atoms with Crippen LogP contribution >= 0.6 is 0 Å². The van der Waals surface area contributed by atoms with Gasteiger partial charge in [-0.3, -0.25) is 4.79 Å². The van der Waals surface area contributed by atoms with Gasteiger partial charge in [-0.15, -0.1) is 13.2 Å². The Morgan fingerprint density at radius 2 is 1.72 bits per heavy atom. The van der Waals surface area contributed by atoms with Gasteiger partial charge in [-0.1, -0.05) is 48.0 Å². The highest BCUT2D eigenvalue weighted by atomic mass is 19.4. The lowest BCUT2D eigenvalue weighted by Gasteiger charge is -2.20. The molecule has 0 unspecified atom stereocenters. The van der Waals surface area contributed by atoms with Gasteiger partial charge in [0.1, 0.15) is 5.75 Å². The zero-order chi connectivity index (χ0) is 18.4. The zero-order valence-corrected chi connectivity index (χ0v) is 14.1. The summed E-state index contributed by atoms with van der Waals surface area (Å²) in [6.07, 6.45) is -3.88. The molecule has 2 rings (SSSR count). The summed E-state index contributed by atoms with van der Waals surface area (Å²) >= 11 is 0. The Bertz CT molecular complexity index is 711. The number of alkyl halides is 3. The number of benzene rings is 2. The van der Waals surface area contributed by atoms with Gasteiger partial charge in [0.15, 0.2) is 0 Å². The lowest BCUT2D eigenvalue weighted by Crippen LogP contribution is -2.27. The summed E-state index contributed by atoms with van der Waals surface area (Å²) in [4.78, 5) is 13.7. The average Bonchev–Trinajstić information content (AvgIpc) is 2.54. The van der Waals surface area contributed by atoms with Gasteiger partial charge in [0.2, 0.25) is 5.91 Å². The minimum Gasteiger partial charge on any atom is -0.405 e. The van der Waals surface area contributed by atoms with E-state index in [0.29, 0.717) is 18.4 Å². The van der Waals surface area contributed by atoms with Crippen molar-refractivity contribution in [3.05, 3.63) is 65.2 Å². The first-order valence-electron chi connectivity index (χ1n) is 7.88. The first-order chi connectivity index (χ1) is 11.7. The van der Waals surface area contributed by atoms with Gasteiger partial charge in [-0.2, -0.15) is 0 Å². The zero-order valence-electron chi connectivity index (χ0n) is 14.1.